The van der Waals surface area contributed by atoms with Crippen LogP contribution in [0.25, 0.3) is 17.2 Å². The van der Waals surface area contributed by atoms with Crippen molar-refractivity contribution < 1.29 is 29.4 Å². The van der Waals surface area contributed by atoms with Gasteiger partial charge in [0.1, 0.15) is 5.54 Å². The molecule has 0 aliphatic carbocycles. The molecule has 2 fully saturated rings. The van der Waals surface area contributed by atoms with Gasteiger partial charge in [-0.25, -0.2) is 0 Å². The van der Waals surface area contributed by atoms with Crippen LogP contribution in [0.5, 0.6) is 0 Å². The zero-order chi connectivity index (χ0) is 26.9. The van der Waals surface area contributed by atoms with Gasteiger partial charge >= 0.3 is 11.9 Å². The number of imide groups is 1. The molecule has 2 aliphatic rings. The first-order chi connectivity index (χ1) is 18.3. The van der Waals surface area contributed by atoms with Gasteiger partial charge in [0.2, 0.25) is 11.8 Å². The summed E-state index contributed by atoms with van der Waals surface area (Å²) < 4.78 is 0. The van der Waals surface area contributed by atoms with Gasteiger partial charge in [-0.05, 0) is 22.3 Å². The number of hydrogen-bond donors (Lipinski definition) is 3. The lowest BCUT2D eigenvalue weighted by atomic mass is 9.77. The second kappa shape index (κ2) is 10.1. The van der Waals surface area contributed by atoms with E-state index in [1.165, 1.54) is 0 Å². The van der Waals surface area contributed by atoms with E-state index in [0.29, 0.717) is 5.56 Å². The molecule has 8 nitrogen and oxygen atoms in total. The summed E-state index contributed by atoms with van der Waals surface area (Å²) in [6.07, 6.45) is 2.60. The van der Waals surface area contributed by atoms with Gasteiger partial charge in [0.05, 0.1) is 18.3 Å². The molecule has 2 amide bonds. The zero-order valence-electron chi connectivity index (χ0n) is 20.4. The number of rotatable bonds is 8. The normalized spacial score (nSPS) is 24.6. The smallest absolute Gasteiger partial charge is 0.325 e. The van der Waals surface area contributed by atoms with Crippen molar-refractivity contribution in [3.05, 3.63) is 102 Å². The number of benzene rings is 3. The predicted molar refractivity (Wildman–Crippen MR) is 140 cm³/mol. The predicted octanol–water partition coefficient (Wildman–Crippen LogP) is 3.61. The van der Waals surface area contributed by atoms with Gasteiger partial charge in [-0.3, -0.25) is 29.4 Å². The van der Waals surface area contributed by atoms with E-state index in [-0.39, 0.29) is 6.54 Å². The molecule has 4 atom stereocenters. The summed E-state index contributed by atoms with van der Waals surface area (Å²) in [6.45, 7) is -0.0397. The number of carboxylic acid groups (broad SMARTS) is 2. The highest BCUT2D eigenvalue weighted by Gasteiger charge is 2.68. The van der Waals surface area contributed by atoms with E-state index < -0.39 is 53.6 Å². The average Bonchev–Trinajstić information content (AvgIpc) is 3.39. The lowest BCUT2D eigenvalue weighted by Crippen LogP contribution is -2.56. The monoisotopic (exact) mass is 510 g/mol. The number of carbonyl (C=O) groups is 4. The molecule has 3 aromatic rings. The molecule has 5 rings (SSSR count). The van der Waals surface area contributed by atoms with Crippen molar-refractivity contribution in [1.82, 2.24) is 10.2 Å². The summed E-state index contributed by atoms with van der Waals surface area (Å²) in [5.74, 6) is -6.45. The fourth-order valence-corrected chi connectivity index (χ4v) is 5.57. The largest absolute Gasteiger partial charge is 0.481 e. The minimum Gasteiger partial charge on any atom is -0.481 e. The molecule has 192 valence electrons. The van der Waals surface area contributed by atoms with Crippen molar-refractivity contribution in [2.24, 2.45) is 11.8 Å². The van der Waals surface area contributed by atoms with Crippen molar-refractivity contribution in [3.8, 4) is 11.1 Å². The number of hydrogen-bond acceptors (Lipinski definition) is 5. The van der Waals surface area contributed by atoms with Crippen LogP contribution in [0, 0.1) is 11.8 Å². The summed E-state index contributed by atoms with van der Waals surface area (Å²) in [5.41, 5.74) is 1.29. The first kappa shape index (κ1) is 25.1. The maximum atomic E-state index is 13.6. The van der Waals surface area contributed by atoms with Gasteiger partial charge in [-0.1, -0.05) is 97.1 Å². The summed E-state index contributed by atoms with van der Waals surface area (Å²) in [7, 11) is 0. The Bertz CT molecular complexity index is 1400. The Balaban J connectivity index is 1.49. The molecule has 3 N–H and O–H groups in total. The second-order valence-electron chi connectivity index (χ2n) is 9.56. The molecule has 4 unspecified atom stereocenters. The third-order valence-corrected chi connectivity index (χ3v) is 7.33. The number of nitrogens with one attached hydrogen (secondary N) is 1. The summed E-state index contributed by atoms with van der Waals surface area (Å²) in [5, 5.41) is 22.7. The molecule has 8 heteroatoms. The van der Waals surface area contributed by atoms with Crippen molar-refractivity contribution in [3.63, 3.8) is 0 Å². The summed E-state index contributed by atoms with van der Waals surface area (Å²) >= 11 is 0. The van der Waals surface area contributed by atoms with E-state index >= 15 is 0 Å². The lowest BCUT2D eigenvalue weighted by Gasteiger charge is -2.29. The molecule has 2 heterocycles. The minimum absolute atomic E-state index is 0.0397. The number of aliphatic carboxylic acids is 2. The van der Waals surface area contributed by atoms with Crippen molar-refractivity contribution in [2.45, 2.75) is 18.0 Å². The maximum Gasteiger partial charge on any atom is 0.325 e. The van der Waals surface area contributed by atoms with Crippen LogP contribution < -0.4 is 5.32 Å². The fourth-order valence-electron chi connectivity index (χ4n) is 5.57. The molecule has 0 saturated carbocycles. The lowest BCUT2D eigenvalue weighted by molar-refractivity contribution is -0.155. The van der Waals surface area contributed by atoms with Crippen molar-refractivity contribution in [2.75, 3.05) is 6.54 Å². The first-order valence-corrected chi connectivity index (χ1v) is 12.3. The van der Waals surface area contributed by atoms with E-state index in [2.05, 4.69) is 5.32 Å². The molecular formula is C30H26N2O6. The Morgan fingerprint density at radius 2 is 1.45 bits per heavy atom. The molecule has 38 heavy (non-hydrogen) atoms. The molecule has 2 aliphatic heterocycles. The highest BCUT2D eigenvalue weighted by molar-refractivity contribution is 6.10. The van der Waals surface area contributed by atoms with Gasteiger partial charge < -0.3 is 10.2 Å². The quantitative estimate of drug-likeness (QED) is 0.396. The number of carbonyl (C=O) groups excluding carboxylic acids is 2. The fraction of sp³-hybridized carbons (Fsp3) is 0.200. The van der Waals surface area contributed by atoms with Crippen LogP contribution in [-0.2, 0) is 19.2 Å². The Morgan fingerprint density at radius 3 is 2.05 bits per heavy atom. The van der Waals surface area contributed by atoms with Crippen LogP contribution in [-0.4, -0.2) is 50.9 Å². The standard InChI is InChI=1S/C30H26N2O6/c33-23(34)18-30(29(37)38)25-24(27(35)32(28(25)36)17-7-10-19-8-3-1-4-9-19)26(31-30)22-15-13-21(14-16-22)20-11-5-2-6-12-20/h1-16,24-26,31H,17-18H2,(H,33,34)(H,37,38)/b10-7-. The summed E-state index contributed by atoms with van der Waals surface area (Å²) in [6, 6.07) is 25.5. The summed E-state index contributed by atoms with van der Waals surface area (Å²) in [4.78, 5) is 52.5. The number of amides is 2. The van der Waals surface area contributed by atoms with E-state index in [1.54, 1.807) is 24.3 Å². The highest BCUT2D eigenvalue weighted by atomic mass is 16.4. The van der Waals surface area contributed by atoms with Crippen LogP contribution in [0.2, 0.25) is 0 Å². The molecule has 0 spiro atoms. The molecule has 0 aromatic heterocycles. The van der Waals surface area contributed by atoms with Crippen LogP contribution in [0.3, 0.4) is 0 Å². The number of likely N-dealkylation sites (tertiary alicyclic amines) is 1. The number of fused-ring (bicyclic) bond motifs is 1. The van der Waals surface area contributed by atoms with Gasteiger partial charge in [-0.15, -0.1) is 0 Å². The SMILES string of the molecule is O=C(O)CC1(C(=O)O)NC(c2ccc(-c3ccccc3)cc2)C2C(=O)N(C/C=C\c3ccccc3)C(=O)C21. The van der Waals surface area contributed by atoms with Crippen LogP contribution in [0.1, 0.15) is 23.6 Å². The Kier molecular flexibility index (Phi) is 6.65. The number of carboxylic acids is 2. The molecule has 2 saturated heterocycles. The van der Waals surface area contributed by atoms with Gasteiger partial charge in [0.25, 0.3) is 0 Å². The molecule has 3 aromatic carbocycles. The topological polar surface area (TPSA) is 124 Å². The zero-order valence-corrected chi connectivity index (χ0v) is 20.4. The van der Waals surface area contributed by atoms with E-state index in [9.17, 15) is 29.4 Å². The van der Waals surface area contributed by atoms with Crippen LogP contribution in [0.15, 0.2) is 91.0 Å². The molecular weight excluding hydrogens is 484 g/mol. The van der Waals surface area contributed by atoms with Gasteiger partial charge in [-0.2, -0.15) is 0 Å². The molecule has 0 bridgehead atoms. The van der Waals surface area contributed by atoms with E-state index in [1.807, 2.05) is 72.8 Å². The average molecular weight is 511 g/mol. The maximum absolute atomic E-state index is 13.6. The first-order valence-electron chi connectivity index (χ1n) is 12.3. The molecule has 0 radical (unpaired) electrons. The van der Waals surface area contributed by atoms with Crippen molar-refractivity contribution >= 4 is 29.8 Å². The number of nitrogens with zero attached hydrogens (tertiary/aromatic N) is 1. The Labute approximate surface area is 219 Å². The van der Waals surface area contributed by atoms with E-state index in [0.717, 1.165) is 21.6 Å². The van der Waals surface area contributed by atoms with Gasteiger partial charge in [0, 0.05) is 12.6 Å². The third kappa shape index (κ3) is 4.39. The minimum atomic E-state index is -2.12. The van der Waals surface area contributed by atoms with Crippen molar-refractivity contribution in [1.29, 1.82) is 0 Å². The van der Waals surface area contributed by atoms with Gasteiger partial charge in [0.15, 0.2) is 0 Å². The Hall–Kier alpha value is -4.56. The second-order valence-corrected chi connectivity index (χ2v) is 9.56. The highest BCUT2D eigenvalue weighted by Crippen LogP contribution is 2.50. The van der Waals surface area contributed by atoms with Crippen LogP contribution >= 0.6 is 0 Å². The van der Waals surface area contributed by atoms with Crippen LogP contribution in [0.4, 0.5) is 0 Å². The van der Waals surface area contributed by atoms with E-state index in [4.69, 9.17) is 0 Å². The third-order valence-electron chi connectivity index (χ3n) is 7.33. The Morgan fingerprint density at radius 1 is 0.842 bits per heavy atom.